The molecule has 0 radical (unpaired) electrons. The maximum atomic E-state index is 14.5. The van der Waals surface area contributed by atoms with Gasteiger partial charge in [-0.25, -0.2) is 0 Å². The average Bonchev–Trinajstić information content (AvgIpc) is 3.35. The van der Waals surface area contributed by atoms with Gasteiger partial charge in [-0.3, -0.25) is 19.2 Å². The van der Waals surface area contributed by atoms with Crippen molar-refractivity contribution in [2.45, 2.75) is 169 Å². The molecule has 8 heteroatoms. The summed E-state index contributed by atoms with van der Waals surface area (Å²) in [7, 11) is 0. The fraction of sp³-hybridized carbons (Fsp3) is 0.394. The molecule has 2 aliphatic carbocycles. The van der Waals surface area contributed by atoms with E-state index < -0.39 is 0 Å². The lowest BCUT2D eigenvalue weighted by atomic mass is 9.64. The first-order valence-electron chi connectivity index (χ1n) is 27.1. The molecule has 12 bridgehead atoms. The van der Waals surface area contributed by atoms with Crippen LogP contribution in [0.5, 0.6) is 0 Å². The highest BCUT2D eigenvalue weighted by molar-refractivity contribution is 6.10. The van der Waals surface area contributed by atoms with Crippen molar-refractivity contribution in [2.24, 2.45) is 0 Å². The summed E-state index contributed by atoms with van der Waals surface area (Å²) in [6, 6.07) is 31.4. The Hall–Kier alpha value is -6.80. The topological polar surface area (TPSA) is 116 Å². The Morgan fingerprint density at radius 1 is 0.378 bits per heavy atom. The van der Waals surface area contributed by atoms with E-state index in [9.17, 15) is 19.2 Å². The molecule has 384 valence electrons. The predicted molar refractivity (Wildman–Crippen MR) is 304 cm³/mol. The summed E-state index contributed by atoms with van der Waals surface area (Å²) in [5, 5.41) is 13.1. The molecule has 2 saturated carbocycles. The van der Waals surface area contributed by atoms with Crippen LogP contribution in [0.15, 0.2) is 91.0 Å². The van der Waals surface area contributed by atoms with Crippen LogP contribution >= 0.6 is 0 Å². The third-order valence-electron chi connectivity index (χ3n) is 16.8. The second-order valence-corrected chi connectivity index (χ2v) is 23.5. The monoisotopic (exact) mass is 989 g/mol. The van der Waals surface area contributed by atoms with Crippen LogP contribution in [0.3, 0.4) is 0 Å². The molecule has 8 heterocycles. The Kier molecular flexibility index (Phi) is 14.4. The van der Waals surface area contributed by atoms with Gasteiger partial charge in [-0.2, -0.15) is 0 Å². The van der Waals surface area contributed by atoms with Gasteiger partial charge < -0.3 is 21.3 Å². The van der Waals surface area contributed by atoms with Gasteiger partial charge in [0.1, 0.15) is 0 Å². The van der Waals surface area contributed by atoms with E-state index in [0.717, 1.165) is 135 Å². The van der Waals surface area contributed by atoms with Crippen LogP contribution in [-0.2, 0) is 38.7 Å². The van der Waals surface area contributed by atoms with E-state index in [0.29, 0.717) is 11.1 Å². The van der Waals surface area contributed by atoms with E-state index in [4.69, 9.17) is 0 Å². The molecule has 6 aromatic rings. The molecule has 16 rings (SSSR count). The van der Waals surface area contributed by atoms with Crippen LogP contribution in [0.4, 0.5) is 22.7 Å². The molecular formula is C66H76N4O4. The molecular weight excluding hydrogens is 913 g/mol. The van der Waals surface area contributed by atoms with E-state index in [1.807, 2.05) is 36.4 Å². The third kappa shape index (κ3) is 10.3. The number of carbonyl (C=O) groups is 4. The molecule has 0 atom stereocenters. The first kappa shape index (κ1) is 52.1. The van der Waals surface area contributed by atoms with Gasteiger partial charge in [-0.05, 0) is 188 Å². The number of carbonyl (C=O) groups excluding carboxylic acids is 4. The molecule has 6 aromatic carbocycles. The summed E-state index contributed by atoms with van der Waals surface area (Å²) in [5.74, 6) is -0.736. The maximum absolute atomic E-state index is 14.5. The zero-order valence-electron chi connectivity index (χ0n) is 45.8. The summed E-state index contributed by atoms with van der Waals surface area (Å²) in [6.07, 6.45) is 11.1. The first-order valence-corrected chi connectivity index (χ1v) is 27.1. The van der Waals surface area contributed by atoms with Crippen molar-refractivity contribution < 1.29 is 19.2 Å². The number of hydrogen-bond donors (Lipinski definition) is 4. The molecule has 0 saturated heterocycles. The van der Waals surface area contributed by atoms with Crippen LogP contribution in [0.2, 0.25) is 0 Å². The highest BCUT2D eigenvalue weighted by Gasteiger charge is 2.39. The Balaban J connectivity index is 1.13. The number of anilines is 4. The predicted octanol–water partition coefficient (Wildman–Crippen LogP) is 15.1. The standard InChI is InChI=1S/C66H76N4O4/c1-39-25-52-26-40(2)58(39)67-56(71)34-47-19-18-20-48(33-47)35-57(72)68-59-41(3)27-53(28-42(59)4)66(23-16-13-17-24-66)55-31-45(7)61(46(8)32-55)70-63(74)50-36-49(37-51(38-50)64(9,10)11)62(73)69-60-43(5)29-54(30-44(60)6)65(52)21-14-12-15-22-65/h18-20,25-33,36-38H,12-17,21-24,34-35H2,1-11H3,(H,67,71)(H,68,72)(H,69,73)(H,70,74). The summed E-state index contributed by atoms with van der Waals surface area (Å²) in [5.41, 5.74) is 18.8. The number of hydrogen-bond acceptors (Lipinski definition) is 4. The molecule has 2 spiro atoms. The largest absolute Gasteiger partial charge is 0.325 e. The van der Waals surface area contributed by atoms with Gasteiger partial charge in [-0.1, -0.05) is 132 Å². The Morgan fingerprint density at radius 3 is 0.973 bits per heavy atom. The number of aryl methyl sites for hydroxylation is 8. The molecule has 4 amide bonds. The van der Waals surface area contributed by atoms with E-state index in [1.165, 1.54) is 35.1 Å². The molecule has 10 aliphatic rings. The van der Waals surface area contributed by atoms with Crippen LogP contribution < -0.4 is 21.3 Å². The molecule has 4 N–H and O–H groups in total. The molecule has 8 nitrogen and oxygen atoms in total. The van der Waals surface area contributed by atoms with Gasteiger partial charge in [0, 0.05) is 44.7 Å². The van der Waals surface area contributed by atoms with Crippen molar-refractivity contribution >= 4 is 46.4 Å². The quantitative estimate of drug-likeness (QED) is 0.121. The highest BCUT2D eigenvalue weighted by atomic mass is 16.2. The SMILES string of the molecule is Cc1cc2cc(C)c1NC(=O)Cc1cccc(c1)CC(=O)Nc1c(C)cc(cc1C)C1(CCCCC1)c1cc(C)c(c(C)c1)NC(=O)c1cc(cc(C(C)(C)C)c1)C(=O)Nc1c(C)cc(cc1C)C21CCCCC1. The zero-order valence-corrected chi connectivity index (χ0v) is 45.8. The van der Waals surface area contributed by atoms with Gasteiger partial charge in [0.05, 0.1) is 12.8 Å². The third-order valence-corrected chi connectivity index (χ3v) is 16.8. The lowest BCUT2D eigenvalue weighted by molar-refractivity contribution is -0.116. The molecule has 0 unspecified atom stereocenters. The minimum Gasteiger partial charge on any atom is -0.325 e. The summed E-state index contributed by atoms with van der Waals surface area (Å²) in [4.78, 5) is 56.8. The minimum absolute atomic E-state index is 0.105. The Bertz CT molecular complexity index is 2940. The molecule has 2 fully saturated rings. The second-order valence-electron chi connectivity index (χ2n) is 23.5. The van der Waals surface area contributed by atoms with E-state index >= 15 is 0 Å². The van der Waals surface area contributed by atoms with Crippen LogP contribution in [0.25, 0.3) is 0 Å². The van der Waals surface area contributed by atoms with Crippen molar-refractivity contribution in [1.29, 1.82) is 0 Å². The van der Waals surface area contributed by atoms with Gasteiger partial charge in [-0.15, -0.1) is 0 Å². The normalized spacial score (nSPS) is 17.2. The summed E-state index contributed by atoms with van der Waals surface area (Å²) >= 11 is 0. The molecule has 0 aromatic heterocycles. The number of rotatable bonds is 0. The van der Waals surface area contributed by atoms with E-state index in [2.05, 4.69) is 146 Å². The molecule has 74 heavy (non-hydrogen) atoms. The molecule has 8 aliphatic heterocycles. The van der Waals surface area contributed by atoms with Crippen molar-refractivity contribution in [3.8, 4) is 0 Å². The van der Waals surface area contributed by atoms with Crippen molar-refractivity contribution in [1.82, 2.24) is 0 Å². The number of nitrogens with one attached hydrogen (secondary N) is 4. The highest BCUT2D eigenvalue weighted by Crippen LogP contribution is 2.49. The Morgan fingerprint density at radius 2 is 0.676 bits per heavy atom. The second kappa shape index (κ2) is 20.5. The first-order chi connectivity index (χ1) is 35.1. The smallest absolute Gasteiger partial charge is 0.255 e. The van der Waals surface area contributed by atoms with Crippen molar-refractivity contribution in [3.05, 3.63) is 186 Å². The van der Waals surface area contributed by atoms with Crippen LogP contribution in [0.1, 0.15) is 189 Å². The number of benzene rings is 6. The lowest BCUT2D eigenvalue weighted by Gasteiger charge is -2.40. The van der Waals surface area contributed by atoms with Crippen LogP contribution in [-0.4, -0.2) is 23.6 Å². The van der Waals surface area contributed by atoms with E-state index in [1.54, 1.807) is 6.07 Å². The average molecular weight is 989 g/mol. The van der Waals surface area contributed by atoms with Crippen LogP contribution in [0, 0.1) is 55.4 Å². The van der Waals surface area contributed by atoms with Crippen molar-refractivity contribution in [2.75, 3.05) is 21.3 Å². The van der Waals surface area contributed by atoms with Gasteiger partial charge in [0.15, 0.2) is 0 Å². The van der Waals surface area contributed by atoms with E-state index in [-0.39, 0.29) is 52.7 Å². The number of amides is 4. The fourth-order valence-corrected chi connectivity index (χ4v) is 12.8. The minimum atomic E-state index is -0.337. The zero-order chi connectivity index (χ0) is 52.9. The van der Waals surface area contributed by atoms with Gasteiger partial charge >= 0.3 is 0 Å². The van der Waals surface area contributed by atoms with Gasteiger partial charge in [0.2, 0.25) is 11.8 Å². The van der Waals surface area contributed by atoms with Gasteiger partial charge in [0.25, 0.3) is 11.8 Å². The lowest BCUT2D eigenvalue weighted by Crippen LogP contribution is -2.31. The summed E-state index contributed by atoms with van der Waals surface area (Å²) in [6.45, 7) is 22.9. The fourth-order valence-electron chi connectivity index (χ4n) is 12.8. The summed E-state index contributed by atoms with van der Waals surface area (Å²) < 4.78 is 0. The maximum Gasteiger partial charge on any atom is 0.255 e. The Labute approximate surface area is 439 Å². The van der Waals surface area contributed by atoms with Crippen molar-refractivity contribution in [3.63, 3.8) is 0 Å².